The third kappa shape index (κ3) is 7.23. The molecule has 3 N–H and O–H groups in total. The molecule has 2 aromatic carbocycles. The van der Waals surface area contributed by atoms with Gasteiger partial charge in [-0.25, -0.2) is 0 Å². The minimum atomic E-state index is 0.482. The molecule has 2 heterocycles. The molecule has 1 aliphatic heterocycles. The molecule has 3 aromatic rings. The SMILES string of the molecule is S=C(Nc1ccc(-c2ccccc2)nn1)Nc1ccccc1NCCCN1CCCCCC1. The lowest BCUT2D eigenvalue weighted by atomic mass is 10.1. The maximum absolute atomic E-state index is 5.51. The van der Waals surface area contributed by atoms with Crippen LogP contribution in [0.2, 0.25) is 0 Å². The molecular weight excluding hydrogens is 428 g/mol. The Bertz CT molecular complexity index is 1000. The standard InChI is InChI=1S/C26H32N6S/c33-26(29-25-16-15-22(30-31-25)21-11-4-3-5-12-21)28-24-14-7-6-13-23(24)27-17-10-20-32-18-8-1-2-9-19-32/h3-7,11-16,27H,1-2,8-10,17-20H2,(H2,28,29,31,33). The number of rotatable bonds is 8. The molecule has 0 bridgehead atoms. The molecule has 33 heavy (non-hydrogen) atoms. The summed E-state index contributed by atoms with van der Waals surface area (Å²) in [6.07, 6.45) is 6.56. The van der Waals surface area contributed by atoms with Gasteiger partial charge in [-0.3, -0.25) is 0 Å². The van der Waals surface area contributed by atoms with Crippen molar-refractivity contribution in [2.45, 2.75) is 32.1 Å². The van der Waals surface area contributed by atoms with Crippen LogP contribution in [0.25, 0.3) is 11.3 Å². The number of anilines is 3. The second-order valence-electron chi connectivity index (χ2n) is 8.33. The number of likely N-dealkylation sites (tertiary alicyclic amines) is 1. The molecule has 0 unspecified atom stereocenters. The van der Waals surface area contributed by atoms with Gasteiger partial charge in [-0.1, -0.05) is 55.3 Å². The molecule has 0 atom stereocenters. The van der Waals surface area contributed by atoms with Crippen molar-refractivity contribution in [3.8, 4) is 11.3 Å². The van der Waals surface area contributed by atoms with Crippen molar-refractivity contribution in [3.63, 3.8) is 0 Å². The molecule has 1 aromatic heterocycles. The lowest BCUT2D eigenvalue weighted by Gasteiger charge is -2.20. The van der Waals surface area contributed by atoms with E-state index in [-0.39, 0.29) is 0 Å². The van der Waals surface area contributed by atoms with Gasteiger partial charge in [-0.05, 0) is 75.4 Å². The summed E-state index contributed by atoms with van der Waals surface area (Å²) in [5.74, 6) is 0.607. The lowest BCUT2D eigenvalue weighted by Crippen LogP contribution is -2.27. The van der Waals surface area contributed by atoms with Crippen LogP contribution in [-0.2, 0) is 0 Å². The van der Waals surface area contributed by atoms with Crippen LogP contribution in [-0.4, -0.2) is 46.4 Å². The number of hydrogen-bond donors (Lipinski definition) is 3. The highest BCUT2D eigenvalue weighted by atomic mass is 32.1. The van der Waals surface area contributed by atoms with E-state index in [1.165, 1.54) is 38.8 Å². The maximum atomic E-state index is 5.51. The molecule has 0 amide bonds. The van der Waals surface area contributed by atoms with Crippen LogP contribution >= 0.6 is 12.2 Å². The Morgan fingerprint density at radius 1 is 0.788 bits per heavy atom. The van der Waals surface area contributed by atoms with Crippen molar-refractivity contribution in [1.29, 1.82) is 0 Å². The summed E-state index contributed by atoms with van der Waals surface area (Å²) in [5, 5.41) is 19.0. The predicted molar refractivity (Wildman–Crippen MR) is 142 cm³/mol. The zero-order valence-electron chi connectivity index (χ0n) is 19.0. The largest absolute Gasteiger partial charge is 0.383 e. The van der Waals surface area contributed by atoms with E-state index in [9.17, 15) is 0 Å². The van der Waals surface area contributed by atoms with Crippen molar-refractivity contribution in [3.05, 3.63) is 66.7 Å². The number of aromatic nitrogens is 2. The average Bonchev–Trinajstić information content (AvgIpc) is 3.13. The van der Waals surface area contributed by atoms with Crippen molar-refractivity contribution in [1.82, 2.24) is 15.1 Å². The Hall–Kier alpha value is -3.03. The Labute approximate surface area is 201 Å². The molecule has 1 saturated heterocycles. The Morgan fingerprint density at radius 2 is 1.52 bits per heavy atom. The highest BCUT2D eigenvalue weighted by Gasteiger charge is 2.09. The van der Waals surface area contributed by atoms with Crippen LogP contribution in [0.5, 0.6) is 0 Å². The van der Waals surface area contributed by atoms with E-state index in [1.807, 2.05) is 60.7 Å². The first kappa shape index (κ1) is 23.1. The van der Waals surface area contributed by atoms with Crippen molar-refractivity contribution in [2.75, 3.05) is 42.1 Å². The van der Waals surface area contributed by atoms with Gasteiger partial charge in [0, 0.05) is 12.1 Å². The number of thiocarbonyl (C=S) groups is 1. The van der Waals surface area contributed by atoms with Gasteiger partial charge in [0.05, 0.1) is 17.1 Å². The average molecular weight is 461 g/mol. The van der Waals surface area contributed by atoms with Crippen LogP contribution in [0, 0.1) is 0 Å². The lowest BCUT2D eigenvalue weighted by molar-refractivity contribution is 0.284. The van der Waals surface area contributed by atoms with Crippen LogP contribution in [0.4, 0.5) is 17.2 Å². The topological polar surface area (TPSA) is 65.1 Å². The smallest absolute Gasteiger partial charge is 0.176 e. The minimum absolute atomic E-state index is 0.482. The van der Waals surface area contributed by atoms with E-state index >= 15 is 0 Å². The van der Waals surface area contributed by atoms with E-state index in [1.54, 1.807) is 0 Å². The van der Waals surface area contributed by atoms with Crippen LogP contribution in [0.1, 0.15) is 32.1 Å². The molecule has 0 saturated carbocycles. The summed E-state index contributed by atoms with van der Waals surface area (Å²) in [5.41, 5.74) is 3.85. The summed E-state index contributed by atoms with van der Waals surface area (Å²) in [4.78, 5) is 2.60. The molecule has 1 fully saturated rings. The van der Waals surface area contributed by atoms with Crippen molar-refractivity contribution in [2.24, 2.45) is 0 Å². The summed E-state index contributed by atoms with van der Waals surface area (Å²) in [6, 6.07) is 21.9. The quantitative estimate of drug-likeness (QED) is 0.297. The second-order valence-corrected chi connectivity index (χ2v) is 8.74. The first-order chi connectivity index (χ1) is 16.3. The van der Waals surface area contributed by atoms with Crippen LogP contribution in [0.15, 0.2) is 66.7 Å². The molecular formula is C26H32N6S. The summed E-state index contributed by atoms with van der Waals surface area (Å²) >= 11 is 5.51. The highest BCUT2D eigenvalue weighted by molar-refractivity contribution is 7.80. The van der Waals surface area contributed by atoms with Gasteiger partial charge < -0.3 is 20.9 Å². The molecule has 0 spiro atoms. The third-order valence-corrected chi connectivity index (χ3v) is 6.02. The van der Waals surface area contributed by atoms with E-state index < -0.39 is 0 Å². The first-order valence-electron chi connectivity index (χ1n) is 11.8. The number of nitrogens with zero attached hydrogens (tertiary/aromatic N) is 3. The van der Waals surface area contributed by atoms with Gasteiger partial charge in [0.15, 0.2) is 10.9 Å². The summed E-state index contributed by atoms with van der Waals surface area (Å²) in [7, 11) is 0. The first-order valence-corrected chi connectivity index (χ1v) is 12.2. The van der Waals surface area contributed by atoms with Gasteiger partial charge in [0.1, 0.15) is 0 Å². The summed E-state index contributed by atoms with van der Waals surface area (Å²) in [6.45, 7) is 4.57. The van der Waals surface area contributed by atoms with E-state index in [0.29, 0.717) is 10.9 Å². The van der Waals surface area contributed by atoms with E-state index in [0.717, 1.165) is 42.1 Å². The number of benzene rings is 2. The Balaban J connectivity index is 1.26. The number of nitrogens with one attached hydrogen (secondary N) is 3. The molecule has 7 heteroatoms. The zero-order valence-corrected chi connectivity index (χ0v) is 19.8. The molecule has 0 radical (unpaired) electrons. The van der Waals surface area contributed by atoms with E-state index in [2.05, 4.69) is 37.1 Å². The molecule has 0 aliphatic carbocycles. The Kier molecular flexibility index (Phi) is 8.61. The second kappa shape index (κ2) is 12.3. The fourth-order valence-electron chi connectivity index (χ4n) is 4.06. The van der Waals surface area contributed by atoms with Gasteiger partial charge in [-0.15, -0.1) is 10.2 Å². The fourth-order valence-corrected chi connectivity index (χ4v) is 4.28. The van der Waals surface area contributed by atoms with Crippen molar-refractivity contribution < 1.29 is 0 Å². The Morgan fingerprint density at radius 3 is 2.24 bits per heavy atom. The zero-order chi connectivity index (χ0) is 22.7. The minimum Gasteiger partial charge on any atom is -0.383 e. The third-order valence-electron chi connectivity index (χ3n) is 5.82. The molecule has 6 nitrogen and oxygen atoms in total. The van der Waals surface area contributed by atoms with Crippen molar-refractivity contribution >= 4 is 34.5 Å². The molecule has 4 rings (SSSR count). The fraction of sp³-hybridized carbons (Fsp3) is 0.346. The summed E-state index contributed by atoms with van der Waals surface area (Å²) < 4.78 is 0. The number of hydrogen-bond acceptors (Lipinski definition) is 5. The van der Waals surface area contributed by atoms with Gasteiger partial charge in [0.25, 0.3) is 0 Å². The van der Waals surface area contributed by atoms with E-state index in [4.69, 9.17) is 12.2 Å². The van der Waals surface area contributed by atoms with Crippen LogP contribution in [0.3, 0.4) is 0 Å². The monoisotopic (exact) mass is 460 g/mol. The predicted octanol–water partition coefficient (Wildman–Crippen LogP) is 5.63. The van der Waals surface area contributed by atoms with Gasteiger partial charge >= 0.3 is 0 Å². The molecule has 172 valence electrons. The maximum Gasteiger partial charge on any atom is 0.176 e. The number of para-hydroxylation sites is 2. The van der Waals surface area contributed by atoms with Crippen LogP contribution < -0.4 is 16.0 Å². The highest BCUT2D eigenvalue weighted by Crippen LogP contribution is 2.22. The van der Waals surface area contributed by atoms with Gasteiger partial charge in [0.2, 0.25) is 0 Å². The molecule has 1 aliphatic rings. The van der Waals surface area contributed by atoms with Gasteiger partial charge in [-0.2, -0.15) is 0 Å². The normalized spacial score (nSPS) is 14.3.